The van der Waals surface area contributed by atoms with Crippen LogP contribution in [0.5, 0.6) is 5.75 Å². The van der Waals surface area contributed by atoms with E-state index in [-0.39, 0.29) is 23.5 Å². The molecule has 0 aliphatic carbocycles. The van der Waals surface area contributed by atoms with E-state index in [1.165, 1.54) is 17.8 Å². The summed E-state index contributed by atoms with van der Waals surface area (Å²) in [7, 11) is 0. The van der Waals surface area contributed by atoms with Crippen LogP contribution in [0.1, 0.15) is 26.1 Å². The number of nitrogens with zero attached hydrogens (tertiary/aromatic N) is 3. The van der Waals surface area contributed by atoms with Crippen molar-refractivity contribution in [3.63, 3.8) is 0 Å². The number of benzene rings is 2. The van der Waals surface area contributed by atoms with Crippen molar-refractivity contribution in [1.29, 1.82) is 0 Å². The predicted molar refractivity (Wildman–Crippen MR) is 111 cm³/mol. The molecule has 0 radical (unpaired) electrons. The zero-order chi connectivity index (χ0) is 20.6. The van der Waals surface area contributed by atoms with E-state index in [1.54, 1.807) is 18.2 Å². The lowest BCUT2D eigenvalue weighted by atomic mass is 10.3. The second kappa shape index (κ2) is 10.1. The van der Waals surface area contributed by atoms with E-state index in [2.05, 4.69) is 15.5 Å². The van der Waals surface area contributed by atoms with Crippen molar-refractivity contribution < 1.29 is 13.9 Å². The molecule has 0 bridgehead atoms. The molecule has 1 atom stereocenters. The molecule has 1 amide bonds. The van der Waals surface area contributed by atoms with E-state index in [1.807, 2.05) is 48.7 Å². The topological polar surface area (TPSA) is 69.0 Å². The second-order valence-electron chi connectivity index (χ2n) is 6.34. The number of para-hydroxylation sites is 2. The summed E-state index contributed by atoms with van der Waals surface area (Å²) in [6.07, 6.45) is 0.876. The first-order valence-corrected chi connectivity index (χ1v) is 10.3. The van der Waals surface area contributed by atoms with Gasteiger partial charge in [-0.15, -0.1) is 10.2 Å². The summed E-state index contributed by atoms with van der Waals surface area (Å²) in [5.74, 6) is 0.178. The number of hydrogen-bond donors (Lipinski definition) is 1. The molecule has 152 valence electrons. The molecule has 0 fully saturated rings. The van der Waals surface area contributed by atoms with Crippen LogP contribution in [0.3, 0.4) is 0 Å². The Labute approximate surface area is 173 Å². The van der Waals surface area contributed by atoms with Gasteiger partial charge in [-0.1, -0.05) is 49.0 Å². The summed E-state index contributed by atoms with van der Waals surface area (Å²) < 4.78 is 21.3. The van der Waals surface area contributed by atoms with Gasteiger partial charge in [0.2, 0.25) is 5.91 Å². The van der Waals surface area contributed by atoms with Crippen LogP contribution < -0.4 is 10.1 Å². The SMILES string of the molecule is CCCNC(=O)[C@@H](C)Sc1nnc(COc2ccccc2F)n1-c1ccccc1. The van der Waals surface area contributed by atoms with Gasteiger partial charge in [-0.2, -0.15) is 0 Å². The Hall–Kier alpha value is -2.87. The lowest BCUT2D eigenvalue weighted by molar-refractivity contribution is -0.120. The maximum Gasteiger partial charge on any atom is 0.233 e. The Morgan fingerprint density at radius 1 is 1.17 bits per heavy atom. The number of thioether (sulfide) groups is 1. The van der Waals surface area contributed by atoms with E-state index in [0.717, 1.165) is 12.1 Å². The van der Waals surface area contributed by atoms with Gasteiger partial charge in [0.05, 0.1) is 5.25 Å². The Kier molecular flexibility index (Phi) is 7.24. The fourth-order valence-electron chi connectivity index (χ4n) is 2.61. The molecule has 0 saturated heterocycles. The summed E-state index contributed by atoms with van der Waals surface area (Å²) >= 11 is 1.32. The molecular weight excluding hydrogens is 391 g/mol. The smallest absolute Gasteiger partial charge is 0.233 e. The Morgan fingerprint density at radius 2 is 1.90 bits per heavy atom. The maximum absolute atomic E-state index is 13.9. The quantitative estimate of drug-likeness (QED) is 0.536. The van der Waals surface area contributed by atoms with Crippen molar-refractivity contribution in [2.75, 3.05) is 6.54 Å². The normalized spacial score (nSPS) is 11.8. The van der Waals surface area contributed by atoms with E-state index in [9.17, 15) is 9.18 Å². The minimum Gasteiger partial charge on any atom is -0.483 e. The highest BCUT2D eigenvalue weighted by Gasteiger charge is 2.21. The molecule has 3 rings (SSSR count). The first-order chi connectivity index (χ1) is 14.1. The summed E-state index contributed by atoms with van der Waals surface area (Å²) in [5, 5.41) is 11.6. The van der Waals surface area contributed by atoms with Crippen molar-refractivity contribution in [3.8, 4) is 11.4 Å². The monoisotopic (exact) mass is 414 g/mol. The van der Waals surface area contributed by atoms with Gasteiger partial charge >= 0.3 is 0 Å². The third-order valence-corrected chi connectivity index (χ3v) is 5.15. The Balaban J connectivity index is 1.84. The highest BCUT2D eigenvalue weighted by Crippen LogP contribution is 2.26. The Morgan fingerprint density at radius 3 is 2.62 bits per heavy atom. The summed E-state index contributed by atoms with van der Waals surface area (Å²) in [6.45, 7) is 4.51. The number of halogens is 1. The van der Waals surface area contributed by atoms with Crippen LogP contribution in [-0.4, -0.2) is 32.5 Å². The lowest BCUT2D eigenvalue weighted by Gasteiger charge is -2.14. The number of aromatic nitrogens is 3. The molecule has 1 heterocycles. The number of nitrogens with one attached hydrogen (secondary N) is 1. The second-order valence-corrected chi connectivity index (χ2v) is 7.65. The van der Waals surface area contributed by atoms with E-state index >= 15 is 0 Å². The van der Waals surface area contributed by atoms with Gasteiger partial charge in [-0.05, 0) is 37.6 Å². The number of ether oxygens (including phenoxy) is 1. The van der Waals surface area contributed by atoms with Crippen molar-refractivity contribution in [2.24, 2.45) is 0 Å². The number of carbonyl (C=O) groups excluding carboxylic acids is 1. The predicted octanol–water partition coefficient (Wildman–Crippen LogP) is 3.99. The standard InChI is InChI=1S/C21H23FN4O2S/c1-3-13-23-20(27)15(2)29-21-25-24-19(26(21)16-9-5-4-6-10-16)14-28-18-12-8-7-11-17(18)22/h4-12,15H,3,13-14H2,1-2H3,(H,23,27)/t15-/m1/s1. The fraction of sp³-hybridized carbons (Fsp3) is 0.286. The third kappa shape index (κ3) is 5.35. The van der Waals surface area contributed by atoms with Crippen LogP contribution in [0.2, 0.25) is 0 Å². The zero-order valence-electron chi connectivity index (χ0n) is 16.3. The third-order valence-electron chi connectivity index (χ3n) is 4.11. The molecule has 0 aliphatic rings. The number of hydrogen-bond acceptors (Lipinski definition) is 5. The average Bonchev–Trinajstić information content (AvgIpc) is 3.14. The summed E-state index contributed by atoms with van der Waals surface area (Å²) in [6, 6.07) is 15.8. The van der Waals surface area contributed by atoms with Crippen LogP contribution in [0.15, 0.2) is 59.8 Å². The van der Waals surface area contributed by atoms with Crippen LogP contribution in [0, 0.1) is 5.82 Å². The highest BCUT2D eigenvalue weighted by molar-refractivity contribution is 8.00. The fourth-order valence-corrected chi connectivity index (χ4v) is 3.52. The van der Waals surface area contributed by atoms with Crippen LogP contribution in [-0.2, 0) is 11.4 Å². The van der Waals surface area contributed by atoms with Crippen molar-refractivity contribution in [3.05, 3.63) is 66.2 Å². The van der Waals surface area contributed by atoms with Crippen LogP contribution in [0.25, 0.3) is 5.69 Å². The summed E-state index contributed by atoms with van der Waals surface area (Å²) in [4.78, 5) is 12.3. The van der Waals surface area contributed by atoms with Gasteiger partial charge < -0.3 is 10.1 Å². The highest BCUT2D eigenvalue weighted by atomic mass is 32.2. The number of carbonyl (C=O) groups is 1. The van der Waals surface area contributed by atoms with Gasteiger partial charge in [-0.25, -0.2) is 4.39 Å². The molecule has 6 nitrogen and oxygen atoms in total. The lowest BCUT2D eigenvalue weighted by Crippen LogP contribution is -2.31. The maximum atomic E-state index is 13.9. The van der Waals surface area contributed by atoms with E-state index < -0.39 is 5.82 Å². The van der Waals surface area contributed by atoms with Crippen molar-refractivity contribution in [1.82, 2.24) is 20.1 Å². The minimum absolute atomic E-state index is 0.0415. The molecule has 1 N–H and O–H groups in total. The van der Waals surface area contributed by atoms with Crippen LogP contribution >= 0.6 is 11.8 Å². The van der Waals surface area contributed by atoms with E-state index in [4.69, 9.17) is 4.74 Å². The Bertz CT molecular complexity index is 949. The van der Waals surface area contributed by atoms with Gasteiger partial charge in [0, 0.05) is 12.2 Å². The molecule has 2 aromatic carbocycles. The molecule has 1 aromatic heterocycles. The first kappa shape index (κ1) is 20.9. The number of amides is 1. The van der Waals surface area contributed by atoms with Crippen LogP contribution in [0.4, 0.5) is 4.39 Å². The average molecular weight is 415 g/mol. The largest absolute Gasteiger partial charge is 0.483 e. The summed E-state index contributed by atoms with van der Waals surface area (Å²) in [5.41, 5.74) is 0.841. The molecule has 0 spiro atoms. The molecular formula is C21H23FN4O2S. The molecule has 0 aliphatic heterocycles. The van der Waals surface area contributed by atoms with Gasteiger partial charge in [0.15, 0.2) is 22.5 Å². The van der Waals surface area contributed by atoms with Gasteiger partial charge in [-0.3, -0.25) is 9.36 Å². The zero-order valence-corrected chi connectivity index (χ0v) is 17.2. The van der Waals surface area contributed by atoms with Gasteiger partial charge in [0.25, 0.3) is 0 Å². The molecule has 0 saturated carbocycles. The molecule has 29 heavy (non-hydrogen) atoms. The molecule has 0 unspecified atom stereocenters. The molecule has 3 aromatic rings. The van der Waals surface area contributed by atoms with Crippen molar-refractivity contribution in [2.45, 2.75) is 37.3 Å². The van der Waals surface area contributed by atoms with Crippen molar-refractivity contribution >= 4 is 17.7 Å². The number of rotatable bonds is 9. The van der Waals surface area contributed by atoms with E-state index in [0.29, 0.717) is 17.5 Å². The first-order valence-electron chi connectivity index (χ1n) is 9.41. The minimum atomic E-state index is -0.436. The van der Waals surface area contributed by atoms with Gasteiger partial charge in [0.1, 0.15) is 6.61 Å². The molecule has 8 heteroatoms.